The smallest absolute Gasteiger partial charge is 0.225 e. The van der Waals surface area contributed by atoms with Crippen LogP contribution in [0.5, 0.6) is 11.5 Å². The molecule has 0 aromatic heterocycles. The fourth-order valence-corrected chi connectivity index (χ4v) is 4.35. The van der Waals surface area contributed by atoms with Crippen molar-refractivity contribution in [2.75, 3.05) is 19.5 Å². The van der Waals surface area contributed by atoms with E-state index in [-0.39, 0.29) is 11.8 Å². The average molecular weight is 440 g/mol. The van der Waals surface area contributed by atoms with Crippen LogP contribution in [0.15, 0.2) is 36.4 Å². The molecule has 0 saturated heterocycles. The number of carbonyl (C=O) groups is 1. The first kappa shape index (κ1) is 25.8. The van der Waals surface area contributed by atoms with Crippen LogP contribution in [-0.2, 0) is 4.79 Å². The summed E-state index contributed by atoms with van der Waals surface area (Å²) in [5.74, 6) is 2.23. The van der Waals surface area contributed by atoms with Gasteiger partial charge in [-0.1, -0.05) is 84.2 Å². The third kappa shape index (κ3) is 6.51. The lowest BCUT2D eigenvalue weighted by Crippen LogP contribution is -2.19. The number of ether oxygens (including phenoxy) is 2. The topological polar surface area (TPSA) is 47.6 Å². The second-order valence-corrected chi connectivity index (χ2v) is 9.15. The normalized spacial score (nSPS) is 12.2. The lowest BCUT2D eigenvalue weighted by Gasteiger charge is -2.23. The van der Waals surface area contributed by atoms with Gasteiger partial charge in [0.15, 0.2) is 11.5 Å². The predicted octanol–water partition coefficient (Wildman–Crippen LogP) is 7.64. The van der Waals surface area contributed by atoms with E-state index in [4.69, 9.17) is 9.47 Å². The first-order valence-corrected chi connectivity index (χ1v) is 12.0. The number of benzene rings is 2. The number of para-hydroxylation sites is 2. The van der Waals surface area contributed by atoms with Gasteiger partial charge in [-0.2, -0.15) is 0 Å². The highest BCUT2D eigenvalue weighted by atomic mass is 16.5. The average Bonchev–Trinajstić information content (AvgIpc) is 2.77. The Morgan fingerprint density at radius 1 is 0.875 bits per heavy atom. The number of amides is 1. The van der Waals surface area contributed by atoms with Crippen LogP contribution in [0.25, 0.3) is 0 Å². The summed E-state index contributed by atoms with van der Waals surface area (Å²) in [5, 5.41) is 3.29. The van der Waals surface area contributed by atoms with Crippen molar-refractivity contribution in [2.24, 2.45) is 0 Å². The summed E-state index contributed by atoms with van der Waals surface area (Å²) in [4.78, 5) is 13.3. The molecule has 1 unspecified atom stereocenters. The number of methoxy groups -OCH3 is 2. The zero-order valence-electron chi connectivity index (χ0n) is 21.0. The summed E-state index contributed by atoms with van der Waals surface area (Å²) >= 11 is 0. The van der Waals surface area contributed by atoms with Crippen LogP contribution in [0.2, 0.25) is 0 Å². The Balaban J connectivity index is 2.35. The van der Waals surface area contributed by atoms with Crippen LogP contribution in [0.3, 0.4) is 0 Å². The van der Waals surface area contributed by atoms with E-state index in [0.29, 0.717) is 24.0 Å². The van der Waals surface area contributed by atoms with Gasteiger partial charge in [-0.25, -0.2) is 0 Å². The molecule has 2 rings (SSSR count). The van der Waals surface area contributed by atoms with Gasteiger partial charge in [0.2, 0.25) is 5.91 Å². The fourth-order valence-electron chi connectivity index (χ4n) is 4.35. The van der Waals surface area contributed by atoms with Crippen molar-refractivity contribution in [1.29, 1.82) is 0 Å². The zero-order chi connectivity index (χ0) is 23.7. The molecule has 32 heavy (non-hydrogen) atoms. The quantitative estimate of drug-likeness (QED) is 0.346. The van der Waals surface area contributed by atoms with E-state index in [1.165, 1.54) is 11.1 Å². The molecule has 0 aliphatic heterocycles. The van der Waals surface area contributed by atoms with Crippen LogP contribution >= 0.6 is 0 Å². The van der Waals surface area contributed by atoms with Crippen LogP contribution < -0.4 is 14.8 Å². The summed E-state index contributed by atoms with van der Waals surface area (Å²) in [6, 6.07) is 12.3. The molecule has 4 nitrogen and oxygen atoms in total. The number of unbranched alkanes of at least 4 members (excludes halogenated alkanes) is 2. The molecule has 1 atom stereocenters. The molecular weight excluding hydrogens is 398 g/mol. The third-order valence-corrected chi connectivity index (χ3v) is 6.10. The highest BCUT2D eigenvalue weighted by Gasteiger charge is 2.23. The van der Waals surface area contributed by atoms with Gasteiger partial charge < -0.3 is 14.8 Å². The molecule has 1 amide bonds. The van der Waals surface area contributed by atoms with E-state index < -0.39 is 0 Å². The lowest BCUT2D eigenvalue weighted by atomic mass is 9.88. The molecule has 0 spiro atoms. The first-order chi connectivity index (χ1) is 15.3. The Kier molecular flexibility index (Phi) is 10.1. The van der Waals surface area contributed by atoms with E-state index in [1.807, 2.05) is 12.1 Å². The Hall–Kier alpha value is -2.49. The highest BCUT2D eigenvalue weighted by Crippen LogP contribution is 2.40. The highest BCUT2D eigenvalue weighted by molar-refractivity contribution is 5.93. The van der Waals surface area contributed by atoms with E-state index >= 15 is 0 Å². The molecule has 1 N–H and O–H groups in total. The van der Waals surface area contributed by atoms with Gasteiger partial charge in [-0.3, -0.25) is 4.79 Å². The van der Waals surface area contributed by atoms with Crippen LogP contribution in [0.4, 0.5) is 5.69 Å². The molecule has 0 aliphatic rings. The number of hydrogen-bond acceptors (Lipinski definition) is 3. The Bertz CT molecular complexity index is 847. The maximum atomic E-state index is 13.3. The Morgan fingerprint density at radius 3 is 2.00 bits per heavy atom. The van der Waals surface area contributed by atoms with Crippen molar-refractivity contribution in [1.82, 2.24) is 0 Å². The van der Waals surface area contributed by atoms with Gasteiger partial charge in [0.25, 0.3) is 0 Å². The third-order valence-electron chi connectivity index (χ3n) is 6.10. The Morgan fingerprint density at radius 2 is 1.47 bits per heavy atom. The minimum absolute atomic E-state index is 0.0476. The second-order valence-electron chi connectivity index (χ2n) is 9.15. The zero-order valence-corrected chi connectivity index (χ0v) is 21.0. The Labute approximate surface area is 194 Å². The second kappa shape index (κ2) is 12.5. The minimum Gasteiger partial charge on any atom is -0.493 e. The van der Waals surface area contributed by atoms with E-state index in [1.54, 1.807) is 14.2 Å². The standard InChI is InChI=1S/C28H41NO3/c1-8-9-10-13-21(24-16-12-17-25(31-6)28(24)32-7)18-26(30)29-27-22(19(2)3)14-11-15-23(27)20(4)5/h11-12,14-17,19-21H,8-10,13,18H2,1-7H3,(H,29,30). The van der Waals surface area contributed by atoms with Gasteiger partial charge >= 0.3 is 0 Å². The molecule has 176 valence electrons. The summed E-state index contributed by atoms with van der Waals surface area (Å²) in [5.41, 5.74) is 4.39. The van der Waals surface area contributed by atoms with E-state index in [0.717, 1.165) is 42.7 Å². The van der Waals surface area contributed by atoms with Crippen molar-refractivity contribution in [3.8, 4) is 11.5 Å². The molecule has 2 aromatic carbocycles. The van der Waals surface area contributed by atoms with Crippen molar-refractivity contribution in [3.05, 3.63) is 53.1 Å². The fraction of sp³-hybridized carbons (Fsp3) is 0.536. The number of carbonyl (C=O) groups excluding carboxylic acids is 1. The number of nitrogens with one attached hydrogen (secondary N) is 1. The molecule has 0 radical (unpaired) electrons. The van der Waals surface area contributed by atoms with Gasteiger partial charge in [0.05, 0.1) is 14.2 Å². The predicted molar refractivity (Wildman–Crippen MR) is 134 cm³/mol. The van der Waals surface area contributed by atoms with Crippen molar-refractivity contribution in [3.63, 3.8) is 0 Å². The van der Waals surface area contributed by atoms with Crippen molar-refractivity contribution < 1.29 is 14.3 Å². The maximum absolute atomic E-state index is 13.3. The molecule has 0 bridgehead atoms. The molecule has 0 heterocycles. The molecule has 4 heteroatoms. The largest absolute Gasteiger partial charge is 0.493 e. The number of anilines is 1. The van der Waals surface area contributed by atoms with Crippen LogP contribution in [0, 0.1) is 0 Å². The summed E-state index contributed by atoms with van der Waals surface area (Å²) in [6.07, 6.45) is 4.73. The monoisotopic (exact) mass is 439 g/mol. The molecule has 0 fully saturated rings. The summed E-state index contributed by atoms with van der Waals surface area (Å²) in [6.45, 7) is 10.9. The molecule has 0 aliphatic carbocycles. The van der Waals surface area contributed by atoms with Gasteiger partial charge in [-0.15, -0.1) is 0 Å². The van der Waals surface area contributed by atoms with E-state index in [2.05, 4.69) is 64.2 Å². The molecular formula is C28H41NO3. The van der Waals surface area contributed by atoms with Gasteiger partial charge in [-0.05, 0) is 41.4 Å². The number of hydrogen-bond donors (Lipinski definition) is 1. The maximum Gasteiger partial charge on any atom is 0.225 e. The van der Waals surface area contributed by atoms with E-state index in [9.17, 15) is 4.79 Å². The molecule has 0 saturated carbocycles. The van der Waals surface area contributed by atoms with Gasteiger partial charge in [0.1, 0.15) is 0 Å². The molecule has 2 aromatic rings. The van der Waals surface area contributed by atoms with Crippen molar-refractivity contribution in [2.45, 2.75) is 84.5 Å². The van der Waals surface area contributed by atoms with Crippen LogP contribution in [-0.4, -0.2) is 20.1 Å². The SMILES string of the molecule is CCCCCC(CC(=O)Nc1c(C(C)C)cccc1C(C)C)c1cccc(OC)c1OC. The minimum atomic E-state index is 0.0476. The van der Waals surface area contributed by atoms with Gasteiger partial charge in [0, 0.05) is 17.7 Å². The number of rotatable bonds is 12. The van der Waals surface area contributed by atoms with Crippen LogP contribution in [0.1, 0.15) is 101 Å². The lowest BCUT2D eigenvalue weighted by molar-refractivity contribution is -0.116. The summed E-state index contributed by atoms with van der Waals surface area (Å²) in [7, 11) is 3.31. The first-order valence-electron chi connectivity index (χ1n) is 12.0. The van der Waals surface area contributed by atoms with Crippen molar-refractivity contribution >= 4 is 11.6 Å². The summed E-state index contributed by atoms with van der Waals surface area (Å²) < 4.78 is 11.2.